The molecule has 0 radical (unpaired) electrons. The van der Waals surface area contributed by atoms with Gasteiger partial charge in [0, 0.05) is 30.8 Å². The second kappa shape index (κ2) is 10.8. The second-order valence-electron chi connectivity index (χ2n) is 10.3. The van der Waals surface area contributed by atoms with Crippen LogP contribution in [-0.4, -0.2) is 39.9 Å². The number of rotatable bonds is 6. The van der Waals surface area contributed by atoms with Crippen molar-refractivity contribution in [1.82, 2.24) is 20.4 Å². The molecule has 0 spiro atoms. The fraction of sp³-hybridized carbons (Fsp3) is 0.448. The molecule has 0 atom stereocenters. The van der Waals surface area contributed by atoms with Crippen molar-refractivity contribution in [3.8, 4) is 11.5 Å². The van der Waals surface area contributed by atoms with Gasteiger partial charge in [0.15, 0.2) is 5.82 Å². The number of halogens is 1. The molecule has 2 aliphatic rings. The van der Waals surface area contributed by atoms with E-state index in [0.29, 0.717) is 55.7 Å². The number of hydrogen-bond donors (Lipinski definition) is 1. The fourth-order valence-corrected chi connectivity index (χ4v) is 5.90. The molecule has 0 bridgehead atoms. The van der Waals surface area contributed by atoms with E-state index < -0.39 is 5.41 Å². The monoisotopic (exact) mass is 504 g/mol. The smallest absolute Gasteiger partial charge is 0.257 e. The molecule has 5 rings (SSSR count). The van der Waals surface area contributed by atoms with Crippen molar-refractivity contribution in [3.05, 3.63) is 71.3 Å². The van der Waals surface area contributed by atoms with Crippen LogP contribution < -0.4 is 5.32 Å². The van der Waals surface area contributed by atoms with Gasteiger partial charge in [-0.3, -0.25) is 9.59 Å². The normalized spacial score (nSPS) is 17.9. The van der Waals surface area contributed by atoms with E-state index in [1.165, 1.54) is 18.6 Å². The van der Waals surface area contributed by atoms with Crippen molar-refractivity contribution in [3.63, 3.8) is 0 Å². The summed E-state index contributed by atoms with van der Waals surface area (Å²) in [7, 11) is 0. The maximum absolute atomic E-state index is 13.7. The number of likely N-dealkylation sites (tertiary alicyclic amines) is 1. The summed E-state index contributed by atoms with van der Waals surface area (Å²) in [4.78, 5) is 33.1. The summed E-state index contributed by atoms with van der Waals surface area (Å²) in [6, 6.07) is 13.4. The number of nitrogens with zero attached hydrogens (tertiary/aromatic N) is 3. The van der Waals surface area contributed by atoms with E-state index in [1.54, 1.807) is 31.2 Å². The van der Waals surface area contributed by atoms with Crippen LogP contribution in [0.2, 0.25) is 0 Å². The van der Waals surface area contributed by atoms with Gasteiger partial charge in [-0.05, 0) is 80.5 Å². The SMILES string of the molecule is Cc1noc(-c2ccc(C(=O)N3CCC(C(=O)NCc4ccc(F)cc4)(C4CCCCC4)CC3)cc2)n1. The molecule has 3 aromatic rings. The van der Waals surface area contributed by atoms with E-state index in [9.17, 15) is 14.0 Å². The Labute approximate surface area is 216 Å². The Morgan fingerprint density at radius 1 is 1.03 bits per heavy atom. The van der Waals surface area contributed by atoms with Crippen molar-refractivity contribution in [1.29, 1.82) is 0 Å². The lowest BCUT2D eigenvalue weighted by Gasteiger charge is -2.46. The van der Waals surface area contributed by atoms with Gasteiger partial charge in [0.05, 0.1) is 5.41 Å². The summed E-state index contributed by atoms with van der Waals surface area (Å²) in [5.74, 6) is 1.06. The molecule has 8 heteroatoms. The molecule has 1 saturated heterocycles. The zero-order valence-electron chi connectivity index (χ0n) is 21.2. The lowest BCUT2D eigenvalue weighted by Crippen LogP contribution is -2.53. The Morgan fingerprint density at radius 2 is 1.70 bits per heavy atom. The quantitative estimate of drug-likeness (QED) is 0.492. The van der Waals surface area contributed by atoms with E-state index in [2.05, 4.69) is 15.5 Å². The highest BCUT2D eigenvalue weighted by Crippen LogP contribution is 2.46. The molecule has 7 nitrogen and oxygen atoms in total. The maximum atomic E-state index is 13.7. The van der Waals surface area contributed by atoms with E-state index in [4.69, 9.17) is 4.52 Å². The van der Waals surface area contributed by atoms with Gasteiger partial charge in [-0.2, -0.15) is 4.98 Å². The number of aromatic nitrogens is 2. The van der Waals surface area contributed by atoms with Crippen LogP contribution in [0.5, 0.6) is 0 Å². The number of nitrogens with one attached hydrogen (secondary N) is 1. The molecule has 2 amide bonds. The minimum atomic E-state index is -0.475. The zero-order valence-corrected chi connectivity index (χ0v) is 21.2. The third-order valence-electron chi connectivity index (χ3n) is 8.05. The molecule has 2 heterocycles. The van der Waals surface area contributed by atoms with Crippen molar-refractivity contribution in [2.45, 2.75) is 58.4 Å². The van der Waals surface area contributed by atoms with Crippen LogP contribution in [-0.2, 0) is 11.3 Å². The number of piperidine rings is 1. The van der Waals surface area contributed by atoms with Gasteiger partial charge in [0.1, 0.15) is 5.82 Å². The molecule has 1 aliphatic carbocycles. The first-order valence-corrected chi connectivity index (χ1v) is 13.2. The minimum absolute atomic E-state index is 0.0303. The highest BCUT2D eigenvalue weighted by molar-refractivity contribution is 5.95. The van der Waals surface area contributed by atoms with E-state index in [0.717, 1.165) is 36.8 Å². The molecule has 37 heavy (non-hydrogen) atoms. The van der Waals surface area contributed by atoms with Crippen molar-refractivity contribution < 1.29 is 18.5 Å². The predicted molar refractivity (Wildman–Crippen MR) is 137 cm³/mol. The van der Waals surface area contributed by atoms with Gasteiger partial charge in [-0.1, -0.05) is 36.6 Å². The van der Waals surface area contributed by atoms with Crippen molar-refractivity contribution in [2.24, 2.45) is 11.3 Å². The lowest BCUT2D eigenvalue weighted by molar-refractivity contribution is -0.139. The van der Waals surface area contributed by atoms with Crippen LogP contribution in [0.1, 0.15) is 66.7 Å². The zero-order chi connectivity index (χ0) is 25.8. The van der Waals surface area contributed by atoms with Crippen LogP contribution in [0.15, 0.2) is 53.1 Å². The fourth-order valence-electron chi connectivity index (χ4n) is 5.90. The van der Waals surface area contributed by atoms with Crippen molar-refractivity contribution in [2.75, 3.05) is 13.1 Å². The Morgan fingerprint density at radius 3 is 2.32 bits per heavy atom. The van der Waals surface area contributed by atoms with Crippen LogP contribution in [0.25, 0.3) is 11.5 Å². The van der Waals surface area contributed by atoms with E-state index in [-0.39, 0.29) is 17.6 Å². The third-order valence-corrected chi connectivity index (χ3v) is 8.05. The maximum Gasteiger partial charge on any atom is 0.257 e. The number of benzene rings is 2. The molecule has 2 fully saturated rings. The molecular weight excluding hydrogens is 471 g/mol. The largest absolute Gasteiger partial charge is 0.352 e. The van der Waals surface area contributed by atoms with Crippen LogP contribution in [0, 0.1) is 24.1 Å². The highest BCUT2D eigenvalue weighted by Gasteiger charge is 2.48. The third kappa shape index (κ3) is 5.43. The van der Waals surface area contributed by atoms with Crippen LogP contribution >= 0.6 is 0 Å². The number of hydrogen-bond acceptors (Lipinski definition) is 5. The number of amides is 2. The van der Waals surface area contributed by atoms with E-state index in [1.807, 2.05) is 17.0 Å². The van der Waals surface area contributed by atoms with Gasteiger partial charge >= 0.3 is 0 Å². The van der Waals surface area contributed by atoms with Crippen molar-refractivity contribution >= 4 is 11.8 Å². The molecule has 0 unspecified atom stereocenters. The summed E-state index contributed by atoms with van der Waals surface area (Å²) in [6.45, 7) is 3.23. The summed E-state index contributed by atoms with van der Waals surface area (Å²) in [6.07, 6.45) is 6.91. The van der Waals surface area contributed by atoms with Gasteiger partial charge < -0.3 is 14.7 Å². The average Bonchev–Trinajstić information content (AvgIpc) is 3.39. The molecule has 1 N–H and O–H groups in total. The van der Waals surface area contributed by atoms with Crippen LogP contribution in [0.3, 0.4) is 0 Å². The minimum Gasteiger partial charge on any atom is -0.352 e. The topological polar surface area (TPSA) is 88.3 Å². The van der Waals surface area contributed by atoms with Gasteiger partial charge in [-0.15, -0.1) is 0 Å². The molecule has 194 valence electrons. The van der Waals surface area contributed by atoms with Gasteiger partial charge in [0.25, 0.3) is 11.8 Å². The van der Waals surface area contributed by atoms with Gasteiger partial charge in [0.2, 0.25) is 5.91 Å². The Hall–Kier alpha value is -3.55. The molecule has 1 aromatic heterocycles. The van der Waals surface area contributed by atoms with Crippen LogP contribution in [0.4, 0.5) is 4.39 Å². The first-order valence-electron chi connectivity index (χ1n) is 13.2. The Bertz CT molecular complexity index is 1220. The molecular formula is C29H33FN4O3. The second-order valence-corrected chi connectivity index (χ2v) is 10.3. The summed E-state index contributed by atoms with van der Waals surface area (Å²) in [5, 5.41) is 6.96. The average molecular weight is 505 g/mol. The first-order chi connectivity index (χ1) is 17.9. The Balaban J connectivity index is 1.26. The summed E-state index contributed by atoms with van der Waals surface area (Å²) < 4.78 is 18.5. The molecule has 1 saturated carbocycles. The summed E-state index contributed by atoms with van der Waals surface area (Å²) >= 11 is 0. The first kappa shape index (κ1) is 25.1. The Kier molecular flexibility index (Phi) is 7.35. The summed E-state index contributed by atoms with van der Waals surface area (Å²) in [5.41, 5.74) is 1.77. The number of carbonyl (C=O) groups is 2. The lowest BCUT2D eigenvalue weighted by atomic mass is 9.63. The standard InChI is InChI=1S/C29H33FN4O3/c1-20-32-26(37-33-20)22-9-11-23(12-10-22)27(35)34-17-15-29(16-18-34,24-5-3-2-4-6-24)28(36)31-19-21-7-13-25(30)14-8-21/h7-14,24H,2-6,15-19H2,1H3,(H,31,36). The molecule has 2 aromatic carbocycles. The van der Waals surface area contributed by atoms with Gasteiger partial charge in [-0.25, -0.2) is 4.39 Å². The number of carbonyl (C=O) groups excluding carboxylic acids is 2. The predicted octanol–water partition coefficient (Wildman–Crippen LogP) is 5.30. The van der Waals surface area contributed by atoms with E-state index >= 15 is 0 Å². The molecule has 1 aliphatic heterocycles. The number of aryl methyl sites for hydroxylation is 1. The highest BCUT2D eigenvalue weighted by atomic mass is 19.1.